The van der Waals surface area contributed by atoms with E-state index in [1.165, 1.54) is 4.52 Å². The van der Waals surface area contributed by atoms with Crippen molar-refractivity contribution in [1.82, 2.24) is 19.5 Å². The molecule has 0 amide bonds. The van der Waals surface area contributed by atoms with Gasteiger partial charge in [0.15, 0.2) is 17.1 Å². The van der Waals surface area contributed by atoms with Gasteiger partial charge in [-0.2, -0.15) is 0 Å². The molecule has 0 bridgehead atoms. The molecule has 2 aromatic carbocycles. The summed E-state index contributed by atoms with van der Waals surface area (Å²) in [5, 5.41) is 3.80. The first-order chi connectivity index (χ1) is 16.4. The normalized spacial score (nSPS) is 11.5. The van der Waals surface area contributed by atoms with Gasteiger partial charge in [-0.1, -0.05) is 43.6 Å². The fraction of sp³-hybridized carbons (Fsp3) is 0.308. The van der Waals surface area contributed by atoms with Crippen molar-refractivity contribution in [1.29, 1.82) is 0 Å². The van der Waals surface area contributed by atoms with Crippen molar-refractivity contribution < 1.29 is 9.47 Å². The van der Waals surface area contributed by atoms with Crippen molar-refractivity contribution in [2.75, 3.05) is 20.8 Å². The minimum Gasteiger partial charge on any atom is -0.493 e. The Labute approximate surface area is 203 Å². The van der Waals surface area contributed by atoms with Crippen LogP contribution in [0.1, 0.15) is 25.1 Å². The largest absolute Gasteiger partial charge is 0.493 e. The number of aromatic nitrogens is 3. The van der Waals surface area contributed by atoms with Crippen molar-refractivity contribution >= 4 is 17.2 Å². The first-order valence-electron chi connectivity index (χ1n) is 11.2. The third-order valence-corrected chi connectivity index (χ3v) is 5.77. The second kappa shape index (κ2) is 10.3. The van der Waals surface area contributed by atoms with E-state index in [2.05, 4.69) is 23.8 Å². The van der Waals surface area contributed by atoms with Gasteiger partial charge in [-0.25, -0.2) is 9.50 Å². The Hall–Kier alpha value is -3.29. The first kappa shape index (κ1) is 23.9. The van der Waals surface area contributed by atoms with Crippen LogP contribution in [-0.4, -0.2) is 40.3 Å². The highest BCUT2D eigenvalue weighted by molar-refractivity contribution is 6.30. The van der Waals surface area contributed by atoms with E-state index in [1.54, 1.807) is 20.3 Å². The number of rotatable bonds is 9. The van der Waals surface area contributed by atoms with Gasteiger partial charge in [-0.15, -0.1) is 0 Å². The van der Waals surface area contributed by atoms with Crippen LogP contribution in [-0.2, 0) is 13.1 Å². The molecular weight excluding hydrogens is 452 g/mol. The molecule has 0 unspecified atom stereocenters. The monoisotopic (exact) mass is 480 g/mol. The van der Waals surface area contributed by atoms with E-state index >= 15 is 0 Å². The van der Waals surface area contributed by atoms with Crippen LogP contribution in [0.4, 0.5) is 0 Å². The number of hydrogen-bond donors (Lipinski definition) is 1. The summed E-state index contributed by atoms with van der Waals surface area (Å²) in [5.74, 6) is 1.85. The second-order valence-corrected chi connectivity index (χ2v) is 9.15. The predicted octanol–water partition coefficient (Wildman–Crippen LogP) is 5.02. The number of nitrogens with one attached hydrogen (secondary N) is 1. The molecule has 0 spiro atoms. The van der Waals surface area contributed by atoms with E-state index in [9.17, 15) is 4.79 Å². The van der Waals surface area contributed by atoms with E-state index in [-0.39, 0.29) is 5.56 Å². The lowest BCUT2D eigenvalue weighted by molar-refractivity contribution is 0.224. The molecule has 0 aliphatic heterocycles. The van der Waals surface area contributed by atoms with Gasteiger partial charge in [0, 0.05) is 36.8 Å². The molecule has 4 rings (SSSR count). The lowest BCUT2D eigenvalue weighted by Crippen LogP contribution is -2.28. The quantitative estimate of drug-likeness (QED) is 0.364. The summed E-state index contributed by atoms with van der Waals surface area (Å²) in [7, 11) is 3.26. The minimum absolute atomic E-state index is 0.143. The molecule has 0 fully saturated rings. The van der Waals surface area contributed by atoms with Crippen molar-refractivity contribution in [3.05, 3.63) is 81.2 Å². The van der Waals surface area contributed by atoms with Gasteiger partial charge >= 0.3 is 0 Å². The zero-order valence-corrected chi connectivity index (χ0v) is 20.6. The van der Waals surface area contributed by atoms with Crippen LogP contribution >= 0.6 is 11.6 Å². The number of methoxy groups -OCH3 is 2. The van der Waals surface area contributed by atoms with E-state index in [1.807, 2.05) is 48.5 Å². The minimum atomic E-state index is -0.143. The molecule has 1 N–H and O–H groups in total. The number of halogens is 1. The van der Waals surface area contributed by atoms with Crippen LogP contribution in [0.25, 0.3) is 16.9 Å². The molecule has 0 aliphatic rings. The number of H-pyrrole nitrogens is 1. The third-order valence-electron chi connectivity index (χ3n) is 5.52. The maximum absolute atomic E-state index is 12.8. The van der Waals surface area contributed by atoms with Crippen LogP contribution in [0.2, 0.25) is 5.02 Å². The van der Waals surface area contributed by atoms with Gasteiger partial charge in [-0.05, 0) is 41.3 Å². The number of ether oxygens (including phenoxy) is 2. The molecule has 0 aliphatic carbocycles. The molecule has 8 heteroatoms. The fourth-order valence-corrected chi connectivity index (χ4v) is 4.19. The molecule has 4 aromatic rings. The average molecular weight is 481 g/mol. The second-order valence-electron chi connectivity index (χ2n) is 8.71. The van der Waals surface area contributed by atoms with Crippen molar-refractivity contribution in [2.45, 2.75) is 26.9 Å². The standard InChI is InChI=1S/C26H29ClN4O3/c1-17(2)14-30(15-18-5-10-23(33-3)24(11-18)34-4)16-21-12-26(32)31-25(28-21)13-22(29-31)19-6-8-20(27)9-7-19/h5-13,17,29H,14-16H2,1-4H3. The summed E-state index contributed by atoms with van der Waals surface area (Å²) in [6, 6.07) is 16.9. The van der Waals surface area contributed by atoms with Crippen molar-refractivity contribution in [3.63, 3.8) is 0 Å². The Balaban J connectivity index is 1.61. The molecule has 34 heavy (non-hydrogen) atoms. The van der Waals surface area contributed by atoms with Crippen molar-refractivity contribution in [3.8, 4) is 22.8 Å². The lowest BCUT2D eigenvalue weighted by atomic mass is 10.1. The predicted molar refractivity (Wildman–Crippen MR) is 135 cm³/mol. The molecule has 0 saturated carbocycles. The highest BCUT2D eigenvalue weighted by Crippen LogP contribution is 2.28. The Bertz CT molecular complexity index is 1330. The fourth-order valence-electron chi connectivity index (χ4n) is 4.07. The smallest absolute Gasteiger partial charge is 0.272 e. The van der Waals surface area contributed by atoms with Crippen molar-refractivity contribution in [2.24, 2.45) is 5.92 Å². The summed E-state index contributed by atoms with van der Waals surface area (Å²) in [4.78, 5) is 19.9. The van der Waals surface area contributed by atoms with Gasteiger partial charge in [0.25, 0.3) is 5.56 Å². The van der Waals surface area contributed by atoms with E-state index in [0.717, 1.165) is 29.1 Å². The Morgan fingerprint density at radius 3 is 2.41 bits per heavy atom. The average Bonchev–Trinajstić information content (AvgIpc) is 3.23. The van der Waals surface area contributed by atoms with Crippen LogP contribution in [0.5, 0.6) is 11.5 Å². The van der Waals surface area contributed by atoms with Crippen LogP contribution in [0.15, 0.2) is 59.4 Å². The zero-order valence-electron chi connectivity index (χ0n) is 19.8. The van der Waals surface area contributed by atoms with Crippen LogP contribution in [0, 0.1) is 5.92 Å². The summed E-state index contributed by atoms with van der Waals surface area (Å²) in [5.41, 5.74) is 4.02. The van der Waals surface area contributed by atoms with Gasteiger partial charge in [0.1, 0.15) is 0 Å². The third kappa shape index (κ3) is 5.43. The zero-order chi connectivity index (χ0) is 24.2. The number of aromatic amines is 1. The molecule has 2 aromatic heterocycles. The summed E-state index contributed by atoms with van der Waals surface area (Å²) in [6.45, 7) is 6.47. The van der Waals surface area contributed by atoms with Gasteiger partial charge < -0.3 is 9.47 Å². The molecule has 178 valence electrons. The molecule has 0 atom stereocenters. The van der Waals surface area contributed by atoms with Gasteiger partial charge in [0.05, 0.1) is 25.6 Å². The van der Waals surface area contributed by atoms with Gasteiger partial charge in [0.2, 0.25) is 0 Å². The van der Waals surface area contributed by atoms with Crippen LogP contribution < -0.4 is 15.0 Å². The maximum Gasteiger partial charge on any atom is 0.272 e. The topological polar surface area (TPSA) is 71.9 Å². The van der Waals surface area contributed by atoms with E-state index < -0.39 is 0 Å². The van der Waals surface area contributed by atoms with Crippen LogP contribution in [0.3, 0.4) is 0 Å². The highest BCUT2D eigenvalue weighted by atomic mass is 35.5. The Kier molecular flexibility index (Phi) is 7.24. The highest BCUT2D eigenvalue weighted by Gasteiger charge is 2.15. The lowest BCUT2D eigenvalue weighted by Gasteiger charge is -2.24. The first-order valence-corrected chi connectivity index (χ1v) is 11.5. The summed E-state index contributed by atoms with van der Waals surface area (Å²) >= 11 is 6.00. The van der Waals surface area contributed by atoms with Gasteiger partial charge in [-0.3, -0.25) is 14.8 Å². The maximum atomic E-state index is 12.8. The summed E-state index contributed by atoms with van der Waals surface area (Å²) in [6.07, 6.45) is 0. The molecule has 7 nitrogen and oxygen atoms in total. The molecule has 0 radical (unpaired) electrons. The van der Waals surface area contributed by atoms with E-state index in [0.29, 0.717) is 41.2 Å². The molecule has 2 heterocycles. The Morgan fingerprint density at radius 2 is 1.74 bits per heavy atom. The Morgan fingerprint density at radius 1 is 1.00 bits per heavy atom. The molecular formula is C26H29ClN4O3. The summed E-state index contributed by atoms with van der Waals surface area (Å²) < 4.78 is 12.3. The number of benzene rings is 2. The number of nitrogens with zero attached hydrogens (tertiary/aromatic N) is 3. The number of fused-ring (bicyclic) bond motifs is 1. The SMILES string of the molecule is COc1ccc(CN(Cc2cc(=O)n3[nH]c(-c4ccc(Cl)cc4)cc3n2)CC(C)C)cc1OC. The molecule has 0 saturated heterocycles. The number of hydrogen-bond acceptors (Lipinski definition) is 5. The van der Waals surface area contributed by atoms with E-state index in [4.69, 9.17) is 26.1 Å².